The number of likely N-dealkylation sites (tertiary alicyclic amines) is 1. The second kappa shape index (κ2) is 6.86. The van der Waals surface area contributed by atoms with Crippen molar-refractivity contribution in [2.75, 3.05) is 26.7 Å². The molecule has 1 aliphatic heterocycles. The van der Waals surface area contributed by atoms with E-state index in [-0.39, 0.29) is 5.91 Å². The monoisotopic (exact) mass is 227 g/mol. The average molecular weight is 227 g/mol. The van der Waals surface area contributed by atoms with Gasteiger partial charge in [-0.3, -0.25) is 9.69 Å². The van der Waals surface area contributed by atoms with Crippen molar-refractivity contribution in [3.8, 4) is 0 Å². The third kappa shape index (κ3) is 3.76. The highest BCUT2D eigenvalue weighted by Gasteiger charge is 2.27. The van der Waals surface area contributed by atoms with E-state index in [2.05, 4.69) is 22.5 Å². The van der Waals surface area contributed by atoms with E-state index in [1.807, 2.05) is 14.0 Å². The first-order chi connectivity index (χ1) is 7.69. The predicted molar refractivity (Wildman–Crippen MR) is 66.4 cm³/mol. The Morgan fingerprint density at radius 2 is 2.25 bits per heavy atom. The number of carbonyl (C=O) groups is 1. The highest BCUT2D eigenvalue weighted by Crippen LogP contribution is 2.19. The minimum atomic E-state index is 0.151. The number of rotatable bonds is 5. The van der Waals surface area contributed by atoms with Crippen molar-refractivity contribution in [3.63, 3.8) is 0 Å². The maximum atomic E-state index is 11.6. The van der Waals surface area contributed by atoms with Crippen molar-refractivity contribution in [2.24, 2.45) is 0 Å². The number of amides is 1. The van der Waals surface area contributed by atoms with Crippen LogP contribution in [-0.4, -0.2) is 49.6 Å². The Morgan fingerprint density at radius 3 is 2.88 bits per heavy atom. The van der Waals surface area contributed by atoms with Crippen molar-refractivity contribution in [1.82, 2.24) is 15.5 Å². The summed E-state index contributed by atoms with van der Waals surface area (Å²) in [6, 6.07) is 0.955. The smallest absolute Gasteiger partial charge is 0.234 e. The van der Waals surface area contributed by atoms with Crippen molar-refractivity contribution >= 4 is 5.91 Å². The van der Waals surface area contributed by atoms with Crippen LogP contribution in [0.5, 0.6) is 0 Å². The van der Waals surface area contributed by atoms with Crippen LogP contribution in [0.3, 0.4) is 0 Å². The van der Waals surface area contributed by atoms with Gasteiger partial charge in [-0.25, -0.2) is 0 Å². The van der Waals surface area contributed by atoms with Gasteiger partial charge in [0.25, 0.3) is 0 Å². The molecular weight excluding hydrogens is 202 g/mol. The molecule has 4 nitrogen and oxygen atoms in total. The summed E-state index contributed by atoms with van der Waals surface area (Å²) in [5, 5.41) is 6.17. The largest absolute Gasteiger partial charge is 0.355 e. The van der Waals surface area contributed by atoms with Crippen molar-refractivity contribution in [3.05, 3.63) is 0 Å². The molecule has 1 rings (SSSR count). The predicted octanol–water partition coefficient (Wildman–Crippen LogP) is 0.585. The summed E-state index contributed by atoms with van der Waals surface area (Å²) in [6.07, 6.45) is 3.69. The van der Waals surface area contributed by atoms with Gasteiger partial charge in [-0.1, -0.05) is 6.42 Å². The highest BCUT2D eigenvalue weighted by atomic mass is 16.2. The topological polar surface area (TPSA) is 44.4 Å². The Bertz CT molecular complexity index is 220. The van der Waals surface area contributed by atoms with Crippen molar-refractivity contribution in [1.29, 1.82) is 0 Å². The summed E-state index contributed by atoms with van der Waals surface area (Å²) in [4.78, 5) is 13.9. The van der Waals surface area contributed by atoms with Gasteiger partial charge in [0.1, 0.15) is 0 Å². The van der Waals surface area contributed by atoms with Crippen LogP contribution < -0.4 is 10.6 Å². The summed E-state index contributed by atoms with van der Waals surface area (Å²) in [7, 11) is 1.99. The Kier molecular flexibility index (Phi) is 5.77. The van der Waals surface area contributed by atoms with Crippen LogP contribution in [0.25, 0.3) is 0 Å². The van der Waals surface area contributed by atoms with Crippen molar-refractivity contribution in [2.45, 2.75) is 45.2 Å². The second-order valence-corrected chi connectivity index (χ2v) is 4.56. The first kappa shape index (κ1) is 13.5. The van der Waals surface area contributed by atoms with Gasteiger partial charge in [0.2, 0.25) is 5.91 Å². The molecule has 0 saturated carbocycles. The van der Waals surface area contributed by atoms with E-state index >= 15 is 0 Å². The molecule has 2 atom stereocenters. The third-order valence-electron chi connectivity index (χ3n) is 3.42. The second-order valence-electron chi connectivity index (χ2n) is 4.56. The summed E-state index contributed by atoms with van der Waals surface area (Å²) in [6.45, 7) is 6.47. The molecule has 0 bridgehead atoms. The maximum Gasteiger partial charge on any atom is 0.234 e. The molecule has 0 aromatic carbocycles. The molecular formula is C12H25N3O. The normalized spacial score (nSPS) is 24.1. The quantitative estimate of drug-likeness (QED) is 0.722. The number of piperidine rings is 1. The van der Waals surface area contributed by atoms with E-state index in [4.69, 9.17) is 0 Å². The van der Waals surface area contributed by atoms with Gasteiger partial charge in [0.15, 0.2) is 0 Å². The van der Waals surface area contributed by atoms with Crippen LogP contribution in [-0.2, 0) is 4.79 Å². The summed E-state index contributed by atoms with van der Waals surface area (Å²) >= 11 is 0. The zero-order chi connectivity index (χ0) is 12.0. The van der Waals surface area contributed by atoms with Crippen LogP contribution in [0, 0.1) is 0 Å². The zero-order valence-corrected chi connectivity index (χ0v) is 10.8. The number of hydrogen-bond donors (Lipinski definition) is 2. The number of nitrogens with zero attached hydrogens (tertiary/aromatic N) is 1. The molecule has 16 heavy (non-hydrogen) atoms. The Morgan fingerprint density at radius 1 is 1.50 bits per heavy atom. The SMILES string of the molecule is CCNC(=O)CN1CCCCC1C(C)NC. The van der Waals surface area contributed by atoms with Crippen LogP contribution in [0.1, 0.15) is 33.1 Å². The third-order valence-corrected chi connectivity index (χ3v) is 3.42. The number of carbonyl (C=O) groups excluding carboxylic acids is 1. The zero-order valence-electron chi connectivity index (χ0n) is 10.8. The standard InChI is InChI=1S/C12H25N3O/c1-4-14-12(16)9-15-8-6-5-7-11(15)10(2)13-3/h10-11,13H,4-9H2,1-3H3,(H,14,16). The molecule has 4 heteroatoms. The van der Waals surface area contributed by atoms with E-state index in [0.29, 0.717) is 18.6 Å². The fraction of sp³-hybridized carbons (Fsp3) is 0.917. The van der Waals surface area contributed by atoms with E-state index in [0.717, 1.165) is 13.1 Å². The lowest BCUT2D eigenvalue weighted by Gasteiger charge is -2.38. The van der Waals surface area contributed by atoms with Gasteiger partial charge in [-0.2, -0.15) is 0 Å². The summed E-state index contributed by atoms with van der Waals surface area (Å²) < 4.78 is 0. The first-order valence-corrected chi connectivity index (χ1v) is 6.37. The fourth-order valence-corrected chi connectivity index (χ4v) is 2.41. The lowest BCUT2D eigenvalue weighted by Crippen LogP contribution is -2.53. The number of hydrogen-bond acceptors (Lipinski definition) is 3. The molecule has 1 saturated heterocycles. The van der Waals surface area contributed by atoms with Gasteiger partial charge in [-0.15, -0.1) is 0 Å². The van der Waals surface area contributed by atoms with Crippen molar-refractivity contribution < 1.29 is 4.79 Å². The average Bonchev–Trinajstić information content (AvgIpc) is 2.29. The van der Waals surface area contributed by atoms with Gasteiger partial charge in [0.05, 0.1) is 6.54 Å². The summed E-state index contributed by atoms with van der Waals surface area (Å²) in [5.41, 5.74) is 0. The van der Waals surface area contributed by atoms with Crippen LogP contribution in [0.4, 0.5) is 0 Å². The number of likely N-dealkylation sites (N-methyl/N-ethyl adjacent to an activating group) is 2. The molecule has 0 aromatic heterocycles. The van der Waals surface area contributed by atoms with Gasteiger partial charge in [0, 0.05) is 18.6 Å². The summed E-state index contributed by atoms with van der Waals surface area (Å²) in [5.74, 6) is 0.151. The molecule has 0 radical (unpaired) electrons. The van der Waals surface area contributed by atoms with Gasteiger partial charge < -0.3 is 10.6 Å². The van der Waals surface area contributed by atoms with Crippen LogP contribution in [0.2, 0.25) is 0 Å². The number of nitrogens with one attached hydrogen (secondary N) is 2. The van der Waals surface area contributed by atoms with Gasteiger partial charge >= 0.3 is 0 Å². The van der Waals surface area contributed by atoms with E-state index in [1.54, 1.807) is 0 Å². The lowest BCUT2D eigenvalue weighted by atomic mass is 9.96. The molecule has 1 amide bonds. The molecule has 0 aromatic rings. The molecule has 0 spiro atoms. The first-order valence-electron chi connectivity index (χ1n) is 6.37. The molecule has 1 fully saturated rings. The molecule has 1 aliphatic rings. The molecule has 94 valence electrons. The molecule has 0 aliphatic carbocycles. The van der Waals surface area contributed by atoms with Crippen LogP contribution in [0.15, 0.2) is 0 Å². The minimum Gasteiger partial charge on any atom is -0.355 e. The minimum absolute atomic E-state index is 0.151. The van der Waals surface area contributed by atoms with Gasteiger partial charge in [-0.05, 0) is 40.3 Å². The maximum absolute atomic E-state index is 11.6. The van der Waals surface area contributed by atoms with Crippen LogP contribution >= 0.6 is 0 Å². The van der Waals surface area contributed by atoms with E-state index in [1.165, 1.54) is 19.3 Å². The van der Waals surface area contributed by atoms with E-state index < -0.39 is 0 Å². The highest BCUT2D eigenvalue weighted by molar-refractivity contribution is 5.78. The van der Waals surface area contributed by atoms with E-state index in [9.17, 15) is 4.79 Å². The molecule has 2 unspecified atom stereocenters. The Hall–Kier alpha value is -0.610. The Labute approximate surface area is 98.8 Å². The lowest BCUT2D eigenvalue weighted by molar-refractivity contribution is -0.123. The molecule has 2 N–H and O–H groups in total. The Balaban J connectivity index is 2.49. The fourth-order valence-electron chi connectivity index (χ4n) is 2.41. The molecule has 1 heterocycles.